The van der Waals surface area contributed by atoms with Gasteiger partial charge < -0.3 is 14.8 Å². The molecule has 1 amide bonds. The largest absolute Gasteiger partial charge is 0.481 e. The first-order valence-electron chi connectivity index (χ1n) is 8.70. The van der Waals surface area contributed by atoms with Gasteiger partial charge >= 0.3 is 5.97 Å². The van der Waals surface area contributed by atoms with E-state index in [-0.39, 0.29) is 17.3 Å². The average Bonchev–Trinajstić information content (AvgIpc) is 2.73. The van der Waals surface area contributed by atoms with E-state index in [1.165, 1.54) is 6.07 Å². The topological polar surface area (TPSA) is 64.6 Å². The lowest BCUT2D eigenvalue weighted by Gasteiger charge is -2.12. The van der Waals surface area contributed by atoms with Crippen LogP contribution in [0.15, 0.2) is 72.8 Å². The lowest BCUT2D eigenvalue weighted by atomic mass is 10.1. The Morgan fingerprint density at radius 3 is 2.41 bits per heavy atom. The highest BCUT2D eigenvalue weighted by Crippen LogP contribution is 2.29. The molecular weight excluding hydrogens is 397 g/mol. The minimum atomic E-state index is -0.701. The first-order chi connectivity index (χ1) is 14.0. The molecule has 0 aliphatic rings. The second-order valence-electron chi connectivity index (χ2n) is 5.98. The second-order valence-corrected chi connectivity index (χ2v) is 6.39. The van der Waals surface area contributed by atoms with Crippen LogP contribution in [0.25, 0.3) is 11.1 Å². The molecule has 0 spiro atoms. The number of benzene rings is 3. The fraction of sp³-hybridized carbons (Fsp3) is 0.0909. The standard InChI is InChI=1S/C22H17ClFNO4/c23-18-12-16(24)10-11-19(18)25-21(26)13-29-22(27)14-28-20-9-5-4-8-17(20)15-6-2-1-3-7-15/h1-12H,13-14H2,(H,25,26). The maximum Gasteiger partial charge on any atom is 0.344 e. The number of anilines is 1. The minimum Gasteiger partial charge on any atom is -0.481 e. The number of nitrogens with one attached hydrogen (secondary N) is 1. The third-order valence-electron chi connectivity index (χ3n) is 3.89. The number of halogens is 2. The van der Waals surface area contributed by atoms with Crippen LogP contribution >= 0.6 is 11.6 Å². The van der Waals surface area contributed by atoms with Gasteiger partial charge in [-0.3, -0.25) is 4.79 Å². The Hall–Kier alpha value is -3.38. The van der Waals surface area contributed by atoms with Crippen molar-refractivity contribution in [1.82, 2.24) is 0 Å². The van der Waals surface area contributed by atoms with Crippen LogP contribution in [0.2, 0.25) is 5.02 Å². The summed E-state index contributed by atoms with van der Waals surface area (Å²) in [7, 11) is 0. The van der Waals surface area contributed by atoms with Crippen molar-refractivity contribution in [3.05, 3.63) is 83.6 Å². The molecule has 148 valence electrons. The van der Waals surface area contributed by atoms with Gasteiger partial charge in [0.1, 0.15) is 11.6 Å². The molecule has 0 unspecified atom stereocenters. The molecule has 0 aliphatic carbocycles. The SMILES string of the molecule is O=C(COC(=O)COc1ccccc1-c1ccccc1)Nc1ccc(F)cc1Cl. The van der Waals surface area contributed by atoms with Crippen LogP contribution in [0.4, 0.5) is 10.1 Å². The molecule has 7 heteroatoms. The van der Waals surface area contributed by atoms with Crippen molar-refractivity contribution >= 4 is 29.2 Å². The zero-order valence-electron chi connectivity index (χ0n) is 15.2. The van der Waals surface area contributed by atoms with Crippen LogP contribution in [0.1, 0.15) is 0 Å². The molecule has 3 aromatic carbocycles. The summed E-state index contributed by atoms with van der Waals surface area (Å²) in [4.78, 5) is 23.8. The molecule has 0 radical (unpaired) electrons. The summed E-state index contributed by atoms with van der Waals surface area (Å²) in [5.74, 6) is -1.30. The highest BCUT2D eigenvalue weighted by atomic mass is 35.5. The Bertz CT molecular complexity index is 1010. The molecule has 0 saturated heterocycles. The number of para-hydroxylation sites is 1. The number of hydrogen-bond acceptors (Lipinski definition) is 4. The highest BCUT2D eigenvalue weighted by Gasteiger charge is 2.12. The van der Waals surface area contributed by atoms with E-state index in [0.29, 0.717) is 5.75 Å². The van der Waals surface area contributed by atoms with Gasteiger partial charge in [0.2, 0.25) is 0 Å². The summed E-state index contributed by atoms with van der Waals surface area (Å²) in [6.07, 6.45) is 0. The average molecular weight is 414 g/mol. The number of carbonyl (C=O) groups excluding carboxylic acids is 2. The number of esters is 1. The molecule has 3 rings (SSSR count). The van der Waals surface area contributed by atoms with Crippen LogP contribution in [0.5, 0.6) is 5.75 Å². The van der Waals surface area contributed by atoms with Crippen molar-refractivity contribution in [2.75, 3.05) is 18.5 Å². The van der Waals surface area contributed by atoms with E-state index in [0.717, 1.165) is 23.3 Å². The van der Waals surface area contributed by atoms with Gasteiger partial charge in [-0.15, -0.1) is 0 Å². The third-order valence-corrected chi connectivity index (χ3v) is 4.20. The molecule has 0 atom stereocenters. The molecule has 0 aliphatic heterocycles. The number of rotatable bonds is 7. The van der Waals surface area contributed by atoms with Crippen LogP contribution in [-0.4, -0.2) is 25.1 Å². The zero-order chi connectivity index (χ0) is 20.6. The van der Waals surface area contributed by atoms with Gasteiger partial charge in [-0.05, 0) is 29.8 Å². The van der Waals surface area contributed by atoms with E-state index in [1.54, 1.807) is 12.1 Å². The Kier molecular flexibility index (Phi) is 6.81. The predicted molar refractivity (Wildman–Crippen MR) is 108 cm³/mol. The second kappa shape index (κ2) is 9.71. The van der Waals surface area contributed by atoms with Crippen molar-refractivity contribution in [1.29, 1.82) is 0 Å². The van der Waals surface area contributed by atoms with Gasteiger partial charge in [-0.25, -0.2) is 9.18 Å². The Morgan fingerprint density at radius 1 is 0.931 bits per heavy atom. The molecule has 1 N–H and O–H groups in total. The number of ether oxygens (including phenoxy) is 2. The number of carbonyl (C=O) groups is 2. The minimum absolute atomic E-state index is 0.0468. The van der Waals surface area contributed by atoms with Gasteiger partial charge in [-0.2, -0.15) is 0 Å². The maximum atomic E-state index is 13.0. The highest BCUT2D eigenvalue weighted by molar-refractivity contribution is 6.33. The Morgan fingerprint density at radius 2 is 1.66 bits per heavy atom. The summed E-state index contributed by atoms with van der Waals surface area (Å²) in [5, 5.41) is 2.49. The van der Waals surface area contributed by atoms with E-state index >= 15 is 0 Å². The molecule has 0 saturated carbocycles. The Balaban J connectivity index is 1.51. The molecule has 5 nitrogen and oxygen atoms in total. The summed E-state index contributed by atoms with van der Waals surface area (Å²) in [6.45, 7) is -0.870. The van der Waals surface area contributed by atoms with Gasteiger partial charge in [0.25, 0.3) is 5.91 Å². The van der Waals surface area contributed by atoms with Crippen LogP contribution < -0.4 is 10.1 Å². The van der Waals surface area contributed by atoms with Crippen LogP contribution in [0.3, 0.4) is 0 Å². The van der Waals surface area contributed by atoms with Crippen LogP contribution in [0, 0.1) is 5.82 Å². The van der Waals surface area contributed by atoms with Crippen molar-refractivity contribution in [2.45, 2.75) is 0 Å². The molecule has 3 aromatic rings. The lowest BCUT2D eigenvalue weighted by Crippen LogP contribution is -2.23. The quantitative estimate of drug-likeness (QED) is 0.570. The van der Waals surface area contributed by atoms with E-state index in [1.807, 2.05) is 42.5 Å². The number of amides is 1. The first kappa shape index (κ1) is 20.4. The molecule has 0 heterocycles. The smallest absolute Gasteiger partial charge is 0.344 e. The van der Waals surface area contributed by atoms with Crippen molar-refractivity contribution < 1.29 is 23.5 Å². The van der Waals surface area contributed by atoms with Gasteiger partial charge in [0.05, 0.1) is 10.7 Å². The summed E-state index contributed by atoms with van der Waals surface area (Å²) in [5.41, 5.74) is 2.01. The van der Waals surface area contributed by atoms with Crippen molar-refractivity contribution in [2.24, 2.45) is 0 Å². The predicted octanol–water partition coefficient (Wildman–Crippen LogP) is 4.71. The van der Waals surface area contributed by atoms with E-state index < -0.39 is 24.3 Å². The maximum absolute atomic E-state index is 13.0. The van der Waals surface area contributed by atoms with Gasteiger partial charge in [0.15, 0.2) is 13.2 Å². The first-order valence-corrected chi connectivity index (χ1v) is 9.08. The zero-order valence-corrected chi connectivity index (χ0v) is 16.0. The molecule has 0 fully saturated rings. The molecular formula is C22H17ClFNO4. The third kappa shape index (κ3) is 5.80. The summed E-state index contributed by atoms with van der Waals surface area (Å²) < 4.78 is 23.5. The van der Waals surface area contributed by atoms with Gasteiger partial charge in [-0.1, -0.05) is 60.1 Å². The van der Waals surface area contributed by atoms with E-state index in [4.69, 9.17) is 21.1 Å². The van der Waals surface area contributed by atoms with Crippen LogP contribution in [-0.2, 0) is 14.3 Å². The van der Waals surface area contributed by atoms with Crippen molar-refractivity contribution in [3.63, 3.8) is 0 Å². The lowest BCUT2D eigenvalue weighted by molar-refractivity contribution is -0.149. The van der Waals surface area contributed by atoms with E-state index in [2.05, 4.69) is 5.32 Å². The summed E-state index contributed by atoms with van der Waals surface area (Å²) in [6, 6.07) is 20.5. The fourth-order valence-electron chi connectivity index (χ4n) is 2.55. The molecule has 29 heavy (non-hydrogen) atoms. The normalized spacial score (nSPS) is 10.3. The van der Waals surface area contributed by atoms with E-state index in [9.17, 15) is 14.0 Å². The summed E-state index contributed by atoms with van der Waals surface area (Å²) >= 11 is 5.84. The van der Waals surface area contributed by atoms with Gasteiger partial charge in [0, 0.05) is 5.56 Å². The molecule has 0 aromatic heterocycles. The van der Waals surface area contributed by atoms with Crippen molar-refractivity contribution in [3.8, 4) is 16.9 Å². The Labute approximate surface area is 172 Å². The number of hydrogen-bond donors (Lipinski definition) is 1. The fourth-order valence-corrected chi connectivity index (χ4v) is 2.76. The monoisotopic (exact) mass is 413 g/mol. The molecule has 0 bridgehead atoms.